The van der Waals surface area contributed by atoms with Crippen LogP contribution < -0.4 is 5.32 Å². The molecule has 0 unspecified atom stereocenters. The van der Waals surface area contributed by atoms with Gasteiger partial charge in [0.25, 0.3) is 0 Å². The van der Waals surface area contributed by atoms with Crippen molar-refractivity contribution in [2.24, 2.45) is 0 Å². The third-order valence-electron chi connectivity index (χ3n) is 3.04. The number of benzene rings is 2. The molecule has 0 spiro atoms. The normalized spacial score (nSPS) is 10.9. The number of nitrogens with zero attached hydrogens (tertiary/aromatic N) is 1. The Morgan fingerprint density at radius 2 is 1.85 bits per heavy atom. The summed E-state index contributed by atoms with van der Waals surface area (Å²) < 4.78 is 3.36. The Morgan fingerprint density at radius 3 is 2.65 bits per heavy atom. The van der Waals surface area contributed by atoms with E-state index in [2.05, 4.69) is 67.3 Å². The van der Waals surface area contributed by atoms with Gasteiger partial charge in [0, 0.05) is 14.6 Å². The van der Waals surface area contributed by atoms with Gasteiger partial charge in [-0.15, -0.1) is 0 Å². The number of halogens is 2. The lowest BCUT2D eigenvalue weighted by atomic mass is 10.1. The summed E-state index contributed by atoms with van der Waals surface area (Å²) in [7, 11) is 0. The van der Waals surface area contributed by atoms with E-state index in [1.807, 2.05) is 18.2 Å². The van der Waals surface area contributed by atoms with Gasteiger partial charge in [-0.1, -0.05) is 50.1 Å². The molecule has 0 fully saturated rings. The van der Waals surface area contributed by atoms with E-state index in [0.29, 0.717) is 0 Å². The topological polar surface area (TPSA) is 24.9 Å². The van der Waals surface area contributed by atoms with Crippen LogP contribution in [0.25, 0.3) is 10.2 Å². The van der Waals surface area contributed by atoms with Gasteiger partial charge in [-0.2, -0.15) is 0 Å². The quantitative estimate of drug-likeness (QED) is 0.560. The maximum absolute atomic E-state index is 4.62. The molecule has 0 aliphatic rings. The smallest absolute Gasteiger partial charge is 0.188 e. The van der Waals surface area contributed by atoms with Gasteiger partial charge in [-0.25, -0.2) is 4.98 Å². The summed E-state index contributed by atoms with van der Waals surface area (Å²) in [5.74, 6) is 0. The molecular weight excluding hydrogens is 400 g/mol. The monoisotopic (exact) mass is 410 g/mol. The van der Waals surface area contributed by atoms with Crippen molar-refractivity contribution in [2.75, 3.05) is 5.32 Å². The van der Waals surface area contributed by atoms with Gasteiger partial charge in [0.1, 0.15) is 0 Å². The Kier molecular flexibility index (Phi) is 4.10. The molecule has 102 valence electrons. The summed E-state index contributed by atoms with van der Waals surface area (Å²) in [6, 6.07) is 12.4. The van der Waals surface area contributed by atoms with E-state index in [9.17, 15) is 0 Å². The zero-order valence-corrected chi connectivity index (χ0v) is 14.8. The third-order valence-corrected chi connectivity index (χ3v) is 4.96. The molecule has 0 atom stereocenters. The second-order valence-corrected chi connectivity index (χ2v) is 7.27. The first-order chi connectivity index (χ1) is 9.65. The van der Waals surface area contributed by atoms with Crippen LogP contribution in [0.2, 0.25) is 0 Å². The van der Waals surface area contributed by atoms with Gasteiger partial charge < -0.3 is 5.32 Å². The molecule has 1 N–H and O–H groups in total. The Labute approximate surface area is 138 Å². The first kappa shape index (κ1) is 14.0. The summed E-state index contributed by atoms with van der Waals surface area (Å²) in [6.07, 6.45) is 0.984. The fourth-order valence-electron chi connectivity index (χ4n) is 2.04. The predicted molar refractivity (Wildman–Crippen MR) is 94.1 cm³/mol. The molecule has 0 amide bonds. The maximum atomic E-state index is 4.62. The van der Waals surface area contributed by atoms with Crippen LogP contribution in [0.3, 0.4) is 0 Å². The molecule has 0 saturated heterocycles. The predicted octanol–water partition coefficient (Wildman–Crippen LogP) is 6.13. The Balaban J connectivity index is 1.96. The second-order valence-electron chi connectivity index (χ2n) is 4.41. The van der Waals surface area contributed by atoms with Crippen molar-refractivity contribution in [3.63, 3.8) is 0 Å². The van der Waals surface area contributed by atoms with Crippen molar-refractivity contribution < 1.29 is 0 Å². The second kappa shape index (κ2) is 5.84. The van der Waals surface area contributed by atoms with Crippen molar-refractivity contribution in [3.05, 3.63) is 50.9 Å². The average molecular weight is 412 g/mol. The van der Waals surface area contributed by atoms with Crippen LogP contribution in [0, 0.1) is 0 Å². The van der Waals surface area contributed by atoms with Crippen molar-refractivity contribution >= 4 is 64.2 Å². The lowest BCUT2D eigenvalue weighted by molar-refractivity contribution is 1.14. The largest absolute Gasteiger partial charge is 0.331 e. The Bertz CT molecular complexity index is 768. The van der Waals surface area contributed by atoms with Crippen molar-refractivity contribution in [1.29, 1.82) is 0 Å². The number of thiazole rings is 1. The van der Waals surface area contributed by atoms with Crippen LogP contribution in [0.5, 0.6) is 0 Å². The van der Waals surface area contributed by atoms with Crippen LogP contribution in [-0.2, 0) is 6.42 Å². The zero-order valence-electron chi connectivity index (χ0n) is 10.8. The first-order valence-electron chi connectivity index (χ1n) is 6.27. The molecule has 2 nitrogen and oxygen atoms in total. The highest BCUT2D eigenvalue weighted by Crippen LogP contribution is 2.32. The summed E-state index contributed by atoms with van der Waals surface area (Å²) >= 11 is 8.67. The lowest BCUT2D eigenvalue weighted by Gasteiger charge is -2.08. The highest BCUT2D eigenvalue weighted by atomic mass is 79.9. The summed E-state index contributed by atoms with van der Waals surface area (Å²) in [4.78, 5) is 4.62. The molecule has 20 heavy (non-hydrogen) atoms. The molecule has 2 aromatic carbocycles. The number of fused-ring (bicyclic) bond motifs is 1. The lowest BCUT2D eigenvalue weighted by Crippen LogP contribution is -1.94. The molecule has 0 bridgehead atoms. The van der Waals surface area contributed by atoms with E-state index >= 15 is 0 Å². The fraction of sp³-hybridized carbons (Fsp3) is 0.133. The van der Waals surface area contributed by atoms with E-state index in [1.54, 1.807) is 11.3 Å². The minimum Gasteiger partial charge on any atom is -0.331 e. The summed E-state index contributed by atoms with van der Waals surface area (Å²) in [6.45, 7) is 2.16. The van der Waals surface area contributed by atoms with Crippen molar-refractivity contribution in [3.8, 4) is 0 Å². The number of nitrogens with one attached hydrogen (secondary N) is 1. The van der Waals surface area contributed by atoms with Gasteiger partial charge in [0.05, 0.1) is 10.2 Å². The number of aromatic nitrogens is 1. The third kappa shape index (κ3) is 2.90. The first-order valence-corrected chi connectivity index (χ1v) is 8.67. The van der Waals surface area contributed by atoms with Gasteiger partial charge in [-0.3, -0.25) is 0 Å². The van der Waals surface area contributed by atoms with Crippen molar-refractivity contribution in [2.45, 2.75) is 13.3 Å². The zero-order chi connectivity index (χ0) is 14.1. The molecular formula is C15H12Br2N2S. The molecule has 3 rings (SSSR count). The van der Waals surface area contributed by atoms with E-state index in [-0.39, 0.29) is 0 Å². The number of hydrogen-bond acceptors (Lipinski definition) is 3. The van der Waals surface area contributed by atoms with Crippen LogP contribution in [0.1, 0.15) is 12.5 Å². The van der Waals surface area contributed by atoms with Crippen LogP contribution in [-0.4, -0.2) is 4.98 Å². The van der Waals surface area contributed by atoms with Gasteiger partial charge in [-0.05, 0) is 48.4 Å². The van der Waals surface area contributed by atoms with E-state index in [1.165, 1.54) is 10.3 Å². The highest BCUT2D eigenvalue weighted by Gasteiger charge is 2.07. The summed E-state index contributed by atoms with van der Waals surface area (Å²) in [5.41, 5.74) is 3.42. The molecule has 0 saturated carbocycles. The molecule has 0 radical (unpaired) electrons. The average Bonchev–Trinajstić information content (AvgIpc) is 2.82. The fourth-order valence-corrected chi connectivity index (χ4v) is 3.88. The molecule has 3 aromatic rings. The highest BCUT2D eigenvalue weighted by molar-refractivity contribution is 9.10. The van der Waals surface area contributed by atoms with Gasteiger partial charge in [0.2, 0.25) is 0 Å². The van der Waals surface area contributed by atoms with Gasteiger partial charge >= 0.3 is 0 Å². The van der Waals surface area contributed by atoms with Crippen LogP contribution in [0.15, 0.2) is 45.3 Å². The number of rotatable bonds is 3. The van der Waals surface area contributed by atoms with E-state index in [4.69, 9.17) is 0 Å². The molecule has 0 aliphatic carbocycles. The summed E-state index contributed by atoms with van der Waals surface area (Å²) in [5, 5.41) is 4.36. The van der Waals surface area contributed by atoms with Crippen LogP contribution >= 0.6 is 43.2 Å². The standard InChI is InChI=1S/C15H12Br2N2S/c1-2-9-7-10(16)3-5-12(9)18-15-19-13-6-4-11(17)8-14(13)20-15/h3-8H,2H2,1H3,(H,18,19). The number of hydrogen-bond donors (Lipinski definition) is 1. The van der Waals surface area contributed by atoms with Crippen molar-refractivity contribution in [1.82, 2.24) is 4.98 Å². The molecule has 5 heteroatoms. The number of anilines is 2. The molecule has 1 heterocycles. The SMILES string of the molecule is CCc1cc(Br)ccc1Nc1nc2ccc(Br)cc2s1. The number of aryl methyl sites for hydroxylation is 1. The Morgan fingerprint density at radius 1 is 1.10 bits per heavy atom. The molecule has 0 aliphatic heterocycles. The van der Waals surface area contributed by atoms with Crippen LogP contribution in [0.4, 0.5) is 10.8 Å². The minimum absolute atomic E-state index is 0.926. The minimum atomic E-state index is 0.926. The van der Waals surface area contributed by atoms with E-state index in [0.717, 1.165) is 31.7 Å². The van der Waals surface area contributed by atoms with Gasteiger partial charge in [0.15, 0.2) is 5.13 Å². The molecule has 1 aromatic heterocycles. The maximum Gasteiger partial charge on any atom is 0.188 e. The van der Waals surface area contributed by atoms with E-state index < -0.39 is 0 Å². The Hall–Kier alpha value is -0.910.